The number of carbonyl (C=O) groups is 1. The Bertz CT molecular complexity index is 630. The Morgan fingerprint density at radius 1 is 1.39 bits per heavy atom. The highest BCUT2D eigenvalue weighted by Crippen LogP contribution is 2.15. The normalized spacial score (nSPS) is 22.2. The molecule has 1 saturated heterocycles. The molecule has 2 aromatic heterocycles. The van der Waals surface area contributed by atoms with E-state index in [1.807, 2.05) is 36.0 Å². The smallest absolute Gasteiger partial charge is 0.239 e. The maximum atomic E-state index is 12.3. The molecule has 1 aliphatic rings. The molecule has 2 atom stereocenters. The molecule has 0 bridgehead atoms. The summed E-state index contributed by atoms with van der Waals surface area (Å²) in [5.41, 5.74) is 0. The number of ether oxygens (including phenoxy) is 1. The molecule has 1 amide bonds. The molecule has 1 aliphatic heterocycles. The van der Waals surface area contributed by atoms with Gasteiger partial charge in [0.1, 0.15) is 5.82 Å². The predicted octanol–water partition coefficient (Wildman–Crippen LogP) is 2.04. The third-order valence-electron chi connectivity index (χ3n) is 3.73. The Labute approximate surface area is 140 Å². The SMILES string of the molecule is CC1CN(CC(=O)Nc2ccnn2Cc2cccs2)CC(C)O1. The average Bonchev–Trinajstić information content (AvgIpc) is 3.11. The minimum Gasteiger partial charge on any atom is -0.373 e. The largest absolute Gasteiger partial charge is 0.373 e. The van der Waals surface area contributed by atoms with Crippen LogP contribution in [0.2, 0.25) is 0 Å². The molecule has 23 heavy (non-hydrogen) atoms. The Kier molecular flexibility index (Phi) is 5.09. The molecule has 2 aromatic rings. The van der Waals surface area contributed by atoms with Crippen molar-refractivity contribution in [2.24, 2.45) is 0 Å². The standard InChI is InChI=1S/C16H22N4O2S/c1-12-8-19(9-13(2)22-12)11-16(21)18-15-5-6-17-20(15)10-14-4-3-7-23-14/h3-7,12-13H,8-11H2,1-2H3,(H,18,21). The molecule has 2 unspecified atom stereocenters. The average molecular weight is 334 g/mol. The lowest BCUT2D eigenvalue weighted by molar-refractivity contribution is -0.121. The second-order valence-electron chi connectivity index (χ2n) is 5.95. The van der Waals surface area contributed by atoms with E-state index < -0.39 is 0 Å². The van der Waals surface area contributed by atoms with E-state index >= 15 is 0 Å². The van der Waals surface area contributed by atoms with Crippen LogP contribution in [0.5, 0.6) is 0 Å². The molecule has 0 spiro atoms. The third-order valence-corrected chi connectivity index (χ3v) is 4.59. The van der Waals surface area contributed by atoms with Gasteiger partial charge >= 0.3 is 0 Å². The molecule has 0 saturated carbocycles. The first-order valence-electron chi connectivity index (χ1n) is 7.82. The second kappa shape index (κ2) is 7.25. The number of nitrogens with one attached hydrogen (secondary N) is 1. The van der Waals surface area contributed by atoms with Gasteiger partial charge in [0.25, 0.3) is 0 Å². The molecule has 7 heteroatoms. The molecular weight excluding hydrogens is 312 g/mol. The van der Waals surface area contributed by atoms with E-state index in [0.717, 1.165) is 18.9 Å². The Morgan fingerprint density at radius 2 is 2.17 bits per heavy atom. The first kappa shape index (κ1) is 16.2. The monoisotopic (exact) mass is 334 g/mol. The van der Waals surface area contributed by atoms with Crippen molar-refractivity contribution in [2.75, 3.05) is 25.0 Å². The van der Waals surface area contributed by atoms with Crippen molar-refractivity contribution in [1.29, 1.82) is 0 Å². The van der Waals surface area contributed by atoms with Crippen molar-refractivity contribution in [3.05, 3.63) is 34.7 Å². The van der Waals surface area contributed by atoms with Crippen LogP contribution in [0.15, 0.2) is 29.8 Å². The number of nitrogens with zero attached hydrogens (tertiary/aromatic N) is 3. The van der Waals surface area contributed by atoms with Crippen molar-refractivity contribution in [1.82, 2.24) is 14.7 Å². The van der Waals surface area contributed by atoms with Gasteiger partial charge in [-0.2, -0.15) is 5.10 Å². The van der Waals surface area contributed by atoms with E-state index in [1.165, 1.54) is 4.88 Å². The Morgan fingerprint density at radius 3 is 2.87 bits per heavy atom. The minimum atomic E-state index is -0.0146. The van der Waals surface area contributed by atoms with Crippen LogP contribution in [-0.2, 0) is 16.1 Å². The number of aromatic nitrogens is 2. The molecule has 3 rings (SSSR count). The van der Waals surface area contributed by atoms with Crippen LogP contribution in [0.1, 0.15) is 18.7 Å². The van der Waals surface area contributed by atoms with Crippen LogP contribution >= 0.6 is 11.3 Å². The van der Waals surface area contributed by atoms with Crippen molar-refractivity contribution in [3.63, 3.8) is 0 Å². The fourth-order valence-corrected chi connectivity index (χ4v) is 3.60. The van der Waals surface area contributed by atoms with E-state index in [0.29, 0.717) is 13.1 Å². The summed E-state index contributed by atoms with van der Waals surface area (Å²) in [4.78, 5) is 15.7. The number of hydrogen-bond donors (Lipinski definition) is 1. The number of rotatable bonds is 5. The van der Waals surface area contributed by atoms with E-state index in [-0.39, 0.29) is 18.1 Å². The number of hydrogen-bond acceptors (Lipinski definition) is 5. The highest BCUT2D eigenvalue weighted by Gasteiger charge is 2.23. The van der Waals surface area contributed by atoms with Gasteiger partial charge in [0, 0.05) is 24.0 Å². The number of carbonyl (C=O) groups excluding carboxylic acids is 1. The zero-order chi connectivity index (χ0) is 16.2. The third kappa shape index (κ3) is 4.40. The van der Waals surface area contributed by atoms with Crippen LogP contribution in [0.3, 0.4) is 0 Å². The van der Waals surface area contributed by atoms with E-state index in [2.05, 4.69) is 21.4 Å². The summed E-state index contributed by atoms with van der Waals surface area (Å²) in [7, 11) is 0. The number of morpholine rings is 1. The molecule has 0 radical (unpaired) electrons. The van der Waals surface area contributed by atoms with E-state index in [4.69, 9.17) is 4.74 Å². The molecule has 3 heterocycles. The molecular formula is C16H22N4O2S. The summed E-state index contributed by atoms with van der Waals surface area (Å²) >= 11 is 1.68. The van der Waals surface area contributed by atoms with Crippen LogP contribution in [-0.4, -0.2) is 52.4 Å². The number of amides is 1. The Hall–Kier alpha value is -1.70. The Balaban J connectivity index is 1.57. The van der Waals surface area contributed by atoms with Gasteiger partial charge in [-0.3, -0.25) is 9.69 Å². The molecule has 0 aromatic carbocycles. The fourth-order valence-electron chi connectivity index (χ4n) is 2.91. The lowest BCUT2D eigenvalue weighted by Crippen LogP contribution is -2.48. The summed E-state index contributed by atoms with van der Waals surface area (Å²) < 4.78 is 7.51. The van der Waals surface area contributed by atoms with Gasteiger partial charge in [-0.05, 0) is 25.3 Å². The van der Waals surface area contributed by atoms with E-state index in [1.54, 1.807) is 17.5 Å². The maximum Gasteiger partial charge on any atom is 0.239 e. The first-order chi connectivity index (χ1) is 11.1. The van der Waals surface area contributed by atoms with Gasteiger partial charge in [0.05, 0.1) is 31.5 Å². The molecule has 124 valence electrons. The quantitative estimate of drug-likeness (QED) is 0.909. The molecule has 6 nitrogen and oxygen atoms in total. The summed E-state index contributed by atoms with van der Waals surface area (Å²) in [5, 5.41) is 9.29. The van der Waals surface area contributed by atoms with Crippen molar-refractivity contribution in [2.45, 2.75) is 32.6 Å². The lowest BCUT2D eigenvalue weighted by Gasteiger charge is -2.34. The van der Waals surface area contributed by atoms with Gasteiger partial charge in [0.2, 0.25) is 5.91 Å². The van der Waals surface area contributed by atoms with Gasteiger partial charge in [-0.15, -0.1) is 11.3 Å². The van der Waals surface area contributed by atoms with Crippen LogP contribution in [0, 0.1) is 0 Å². The highest BCUT2D eigenvalue weighted by atomic mass is 32.1. The molecule has 0 aliphatic carbocycles. The topological polar surface area (TPSA) is 59.4 Å². The van der Waals surface area contributed by atoms with Gasteiger partial charge in [0.15, 0.2) is 0 Å². The fraction of sp³-hybridized carbons (Fsp3) is 0.500. The van der Waals surface area contributed by atoms with Gasteiger partial charge in [-0.25, -0.2) is 4.68 Å². The summed E-state index contributed by atoms with van der Waals surface area (Å²) in [6.45, 7) is 6.69. The maximum absolute atomic E-state index is 12.3. The number of thiophene rings is 1. The van der Waals surface area contributed by atoms with Crippen molar-refractivity contribution in [3.8, 4) is 0 Å². The molecule has 1 N–H and O–H groups in total. The van der Waals surface area contributed by atoms with Crippen LogP contribution in [0.25, 0.3) is 0 Å². The lowest BCUT2D eigenvalue weighted by atomic mass is 10.2. The second-order valence-corrected chi connectivity index (χ2v) is 6.99. The van der Waals surface area contributed by atoms with Crippen LogP contribution in [0.4, 0.5) is 5.82 Å². The summed E-state index contributed by atoms with van der Waals surface area (Å²) in [5.74, 6) is 0.719. The summed E-state index contributed by atoms with van der Waals surface area (Å²) in [6, 6.07) is 5.91. The molecule has 1 fully saturated rings. The zero-order valence-corrected chi connectivity index (χ0v) is 14.3. The summed E-state index contributed by atoms with van der Waals surface area (Å²) in [6.07, 6.45) is 2.04. The van der Waals surface area contributed by atoms with Crippen molar-refractivity contribution < 1.29 is 9.53 Å². The number of anilines is 1. The van der Waals surface area contributed by atoms with Crippen molar-refractivity contribution >= 4 is 23.1 Å². The van der Waals surface area contributed by atoms with Crippen LogP contribution < -0.4 is 5.32 Å². The van der Waals surface area contributed by atoms with E-state index in [9.17, 15) is 4.79 Å². The van der Waals surface area contributed by atoms with Gasteiger partial charge in [-0.1, -0.05) is 6.07 Å². The van der Waals surface area contributed by atoms with Gasteiger partial charge < -0.3 is 10.1 Å². The first-order valence-corrected chi connectivity index (χ1v) is 8.70. The highest BCUT2D eigenvalue weighted by molar-refractivity contribution is 7.09. The minimum absolute atomic E-state index is 0.0146. The zero-order valence-electron chi connectivity index (χ0n) is 13.4. The predicted molar refractivity (Wildman–Crippen MR) is 90.7 cm³/mol.